The van der Waals surface area contributed by atoms with Crippen LogP contribution in [0.2, 0.25) is 0 Å². The minimum atomic E-state index is -4.44. The van der Waals surface area contributed by atoms with Crippen molar-refractivity contribution >= 4 is 37.5 Å². The monoisotopic (exact) mass is 666 g/mol. The van der Waals surface area contributed by atoms with E-state index in [1.165, 1.54) is 0 Å². The van der Waals surface area contributed by atoms with Crippen LogP contribution in [0.1, 0.15) is 135 Å². The molecule has 0 rings (SSSR count). The van der Waals surface area contributed by atoms with Crippen molar-refractivity contribution in [3.63, 3.8) is 0 Å². The van der Waals surface area contributed by atoms with Gasteiger partial charge in [0.25, 0.3) is 0 Å². The topological polar surface area (TPSA) is 189 Å². The van der Waals surface area contributed by atoms with E-state index < -0.39 is 7.82 Å². The van der Waals surface area contributed by atoms with E-state index in [2.05, 4.69) is 4.52 Å². The number of phosphoric acid groups is 1. The number of esters is 4. The SMILES string of the molecule is CC(=O)CCCCCOC(=O)CCCCCOC(=O)CCCCCOC(=O)CCCCCOC(=O)CCCCCOP(=O)(O)O. The third kappa shape index (κ3) is 34.4. The lowest BCUT2D eigenvalue weighted by Gasteiger charge is -2.07. The fourth-order valence-electron chi connectivity index (χ4n) is 4.06. The molecule has 0 spiro atoms. The average molecular weight is 667 g/mol. The molecule has 0 aromatic heterocycles. The summed E-state index contributed by atoms with van der Waals surface area (Å²) in [5.41, 5.74) is 0. The summed E-state index contributed by atoms with van der Waals surface area (Å²) in [6.07, 6.45) is 12.0. The fraction of sp³-hybridized carbons (Fsp3) is 0.839. The number of hydrogen-bond acceptors (Lipinski definition) is 11. The first-order valence-electron chi connectivity index (χ1n) is 16.3. The van der Waals surface area contributed by atoms with Gasteiger partial charge in [0.1, 0.15) is 5.78 Å². The van der Waals surface area contributed by atoms with Crippen molar-refractivity contribution in [3.05, 3.63) is 0 Å². The first kappa shape index (κ1) is 42.7. The van der Waals surface area contributed by atoms with E-state index in [1.54, 1.807) is 6.92 Å². The largest absolute Gasteiger partial charge is 0.469 e. The van der Waals surface area contributed by atoms with E-state index in [9.17, 15) is 28.5 Å². The number of carbonyl (C=O) groups excluding carboxylic acids is 5. The molecular formula is C31H55O13P. The maximum atomic E-state index is 11.8. The standard InChI is InChI=1S/C31H55O13P/c1-27(32)17-7-2-12-22-40-28(33)18-8-3-13-23-41-29(34)19-9-4-14-24-42-30(35)20-10-5-15-25-43-31(36)21-11-6-16-26-44-45(37,38)39/h2-26H2,1H3,(H2,37,38,39). The van der Waals surface area contributed by atoms with Gasteiger partial charge in [-0.05, 0) is 96.8 Å². The number of ether oxygens (including phenoxy) is 4. The first-order chi connectivity index (χ1) is 21.5. The maximum absolute atomic E-state index is 11.8. The van der Waals surface area contributed by atoms with Crippen molar-refractivity contribution in [2.45, 2.75) is 135 Å². The van der Waals surface area contributed by atoms with Gasteiger partial charge in [0.2, 0.25) is 0 Å². The quantitative estimate of drug-likeness (QED) is 0.0399. The van der Waals surface area contributed by atoms with Gasteiger partial charge in [-0.1, -0.05) is 6.42 Å². The van der Waals surface area contributed by atoms with Crippen LogP contribution in [0, 0.1) is 0 Å². The highest BCUT2D eigenvalue weighted by molar-refractivity contribution is 7.46. The van der Waals surface area contributed by atoms with Crippen molar-refractivity contribution in [2.75, 3.05) is 33.0 Å². The van der Waals surface area contributed by atoms with Crippen LogP contribution in [0.15, 0.2) is 0 Å². The van der Waals surface area contributed by atoms with Crippen molar-refractivity contribution in [1.82, 2.24) is 0 Å². The Bertz CT molecular complexity index is 872. The Labute approximate surface area is 267 Å². The third-order valence-corrected chi connectivity index (χ3v) is 7.10. The van der Waals surface area contributed by atoms with Crippen molar-refractivity contribution < 1.29 is 61.8 Å². The zero-order valence-corrected chi connectivity index (χ0v) is 27.9. The lowest BCUT2D eigenvalue weighted by atomic mass is 10.1. The summed E-state index contributed by atoms with van der Waals surface area (Å²) < 4.78 is 35.6. The molecule has 13 nitrogen and oxygen atoms in total. The number of carbonyl (C=O) groups is 5. The van der Waals surface area contributed by atoms with Crippen LogP contribution >= 0.6 is 7.82 Å². The van der Waals surface area contributed by atoms with Crippen molar-refractivity contribution in [3.8, 4) is 0 Å². The van der Waals surface area contributed by atoms with E-state index in [4.69, 9.17) is 28.7 Å². The van der Waals surface area contributed by atoms with Gasteiger partial charge in [-0.3, -0.25) is 23.7 Å². The number of hydrogen-bond donors (Lipinski definition) is 2. The van der Waals surface area contributed by atoms with Gasteiger partial charge < -0.3 is 33.5 Å². The molecule has 0 saturated heterocycles. The lowest BCUT2D eigenvalue weighted by Crippen LogP contribution is -2.08. The van der Waals surface area contributed by atoms with Crippen molar-refractivity contribution in [1.29, 1.82) is 0 Å². The fourth-order valence-corrected chi connectivity index (χ4v) is 4.43. The van der Waals surface area contributed by atoms with Gasteiger partial charge >= 0.3 is 31.7 Å². The summed E-state index contributed by atoms with van der Waals surface area (Å²) in [7, 11) is -4.44. The van der Waals surface area contributed by atoms with Crippen LogP contribution in [0.3, 0.4) is 0 Å². The highest BCUT2D eigenvalue weighted by Crippen LogP contribution is 2.35. The second kappa shape index (κ2) is 29.1. The van der Waals surface area contributed by atoms with Gasteiger partial charge in [-0.25, -0.2) is 4.57 Å². The molecule has 45 heavy (non-hydrogen) atoms. The van der Waals surface area contributed by atoms with E-state index in [0.717, 1.165) is 38.5 Å². The normalized spacial score (nSPS) is 11.2. The second-order valence-corrected chi connectivity index (χ2v) is 12.2. The lowest BCUT2D eigenvalue weighted by molar-refractivity contribution is -0.145. The smallest absolute Gasteiger partial charge is 0.466 e. The van der Waals surface area contributed by atoms with Crippen LogP contribution in [0.25, 0.3) is 0 Å². The molecule has 0 radical (unpaired) electrons. The summed E-state index contributed by atoms with van der Waals surface area (Å²) in [5.74, 6) is -0.900. The van der Waals surface area contributed by atoms with Crippen molar-refractivity contribution in [2.24, 2.45) is 0 Å². The molecule has 0 aromatic rings. The van der Waals surface area contributed by atoms with Gasteiger partial charge in [0.15, 0.2) is 0 Å². The number of phosphoric ester groups is 1. The average Bonchev–Trinajstić information content (AvgIpc) is 2.97. The first-order valence-corrected chi connectivity index (χ1v) is 17.8. The molecule has 0 bridgehead atoms. The third-order valence-electron chi connectivity index (χ3n) is 6.59. The predicted molar refractivity (Wildman–Crippen MR) is 165 cm³/mol. The van der Waals surface area contributed by atoms with Crippen LogP contribution in [0.5, 0.6) is 0 Å². The summed E-state index contributed by atoms with van der Waals surface area (Å²) in [5, 5.41) is 0. The summed E-state index contributed by atoms with van der Waals surface area (Å²) in [4.78, 5) is 75.0. The predicted octanol–water partition coefficient (Wildman–Crippen LogP) is 5.66. The van der Waals surface area contributed by atoms with Crippen LogP contribution < -0.4 is 0 Å². The Kier molecular flexibility index (Phi) is 27.6. The summed E-state index contributed by atoms with van der Waals surface area (Å²) >= 11 is 0. The maximum Gasteiger partial charge on any atom is 0.469 e. The molecule has 0 fully saturated rings. The van der Waals surface area contributed by atoms with Gasteiger partial charge in [-0.15, -0.1) is 0 Å². The molecular weight excluding hydrogens is 611 g/mol. The molecule has 0 atom stereocenters. The Morgan fingerprint density at radius 1 is 0.422 bits per heavy atom. The van der Waals surface area contributed by atoms with Crippen LogP contribution in [-0.2, 0) is 52.0 Å². The van der Waals surface area contributed by atoms with E-state index in [1.807, 2.05) is 0 Å². The zero-order chi connectivity index (χ0) is 33.6. The zero-order valence-electron chi connectivity index (χ0n) is 27.0. The Hall–Kier alpha value is -2.34. The van der Waals surface area contributed by atoms with Gasteiger partial charge in [-0.2, -0.15) is 0 Å². The molecule has 0 saturated carbocycles. The Morgan fingerprint density at radius 2 is 0.689 bits per heavy atom. The Morgan fingerprint density at radius 3 is 0.956 bits per heavy atom. The summed E-state index contributed by atoms with van der Waals surface area (Å²) in [6, 6.07) is 0. The molecule has 0 aromatic carbocycles. The Balaban J connectivity index is 3.45. The van der Waals surface area contributed by atoms with E-state index in [-0.39, 0.29) is 49.3 Å². The minimum absolute atomic E-state index is 0.0583. The molecule has 0 aliphatic carbocycles. The minimum Gasteiger partial charge on any atom is -0.466 e. The highest BCUT2D eigenvalue weighted by atomic mass is 31.2. The molecule has 0 heterocycles. The van der Waals surface area contributed by atoms with Gasteiger partial charge in [0.05, 0.1) is 33.0 Å². The van der Waals surface area contributed by atoms with Gasteiger partial charge in [0, 0.05) is 32.1 Å². The number of rotatable bonds is 31. The summed E-state index contributed by atoms with van der Waals surface area (Å²) in [6.45, 7) is 2.81. The number of unbranched alkanes of at least 4 members (excludes halogenated alkanes) is 10. The highest BCUT2D eigenvalue weighted by Gasteiger charge is 2.12. The molecule has 262 valence electrons. The van der Waals surface area contributed by atoms with E-state index >= 15 is 0 Å². The number of ketones is 1. The second-order valence-electron chi connectivity index (χ2n) is 11.0. The molecule has 14 heteroatoms. The van der Waals surface area contributed by atoms with Crippen LogP contribution in [0.4, 0.5) is 0 Å². The van der Waals surface area contributed by atoms with Crippen LogP contribution in [-0.4, -0.2) is 72.5 Å². The molecule has 2 N–H and O–H groups in total. The molecule has 0 aliphatic rings. The molecule has 0 amide bonds. The van der Waals surface area contributed by atoms with E-state index in [0.29, 0.717) is 103 Å². The number of Topliss-reactive ketones (excluding diaryl/α,β-unsaturated/α-hetero) is 1. The molecule has 0 unspecified atom stereocenters. The molecule has 0 aliphatic heterocycles.